The minimum absolute atomic E-state index is 0.0525. The van der Waals surface area contributed by atoms with Crippen LogP contribution in [0.5, 0.6) is 0 Å². The molecule has 0 radical (unpaired) electrons. The van der Waals surface area contributed by atoms with Crippen molar-refractivity contribution in [3.8, 4) is 0 Å². The zero-order valence-electron chi connectivity index (χ0n) is 13.7. The fourth-order valence-corrected chi connectivity index (χ4v) is 2.77. The molecule has 0 unspecified atom stereocenters. The Morgan fingerprint density at radius 2 is 2.05 bits per heavy atom. The second kappa shape index (κ2) is 7.19. The fraction of sp³-hybridized carbons (Fsp3) is 0.800. The maximum Gasteiger partial charge on any atom is 0.267 e. The van der Waals surface area contributed by atoms with Crippen LogP contribution in [0, 0.1) is 0 Å². The number of hydrogen-bond donors (Lipinski definition) is 1. The third-order valence-electron chi connectivity index (χ3n) is 4.64. The van der Waals surface area contributed by atoms with Gasteiger partial charge in [-0.25, -0.2) is 5.01 Å². The van der Waals surface area contributed by atoms with E-state index in [1.807, 2.05) is 0 Å². The second-order valence-corrected chi connectivity index (χ2v) is 6.10. The molecule has 0 spiro atoms. The lowest BCUT2D eigenvalue weighted by molar-refractivity contribution is -0.130. The van der Waals surface area contributed by atoms with E-state index in [2.05, 4.69) is 29.2 Å². The molecule has 7 nitrogen and oxygen atoms in total. The highest BCUT2D eigenvalue weighted by molar-refractivity contribution is 6.39. The summed E-state index contributed by atoms with van der Waals surface area (Å²) in [5.74, 6) is -0.226. The topological polar surface area (TPSA) is 74.2 Å². The molecule has 2 heterocycles. The van der Waals surface area contributed by atoms with Crippen LogP contribution in [0.1, 0.15) is 33.1 Å². The summed E-state index contributed by atoms with van der Waals surface area (Å²) in [5.41, 5.74) is 0.346. The molecule has 1 fully saturated rings. The average molecular weight is 310 g/mol. The summed E-state index contributed by atoms with van der Waals surface area (Å²) in [5, 5.41) is 8.29. The standard InChI is InChI=1S/C15H26N4O3/c1-4-15(2,19-7-9-22-10-8-19)11-16-14(21)12-5-6-13(20)18(3)17-12/h4-11H2,1-3H3,(H,16,21)/t15-/m1/s1. The van der Waals surface area contributed by atoms with Crippen molar-refractivity contribution in [2.75, 3.05) is 39.9 Å². The maximum atomic E-state index is 12.3. The minimum atomic E-state index is -0.174. The molecule has 1 N–H and O–H groups in total. The Morgan fingerprint density at radius 1 is 1.36 bits per heavy atom. The van der Waals surface area contributed by atoms with Crippen LogP contribution in [0.3, 0.4) is 0 Å². The molecule has 2 aliphatic rings. The van der Waals surface area contributed by atoms with Crippen LogP contribution in [0.15, 0.2) is 5.10 Å². The van der Waals surface area contributed by atoms with E-state index in [4.69, 9.17) is 4.74 Å². The Morgan fingerprint density at radius 3 is 2.64 bits per heavy atom. The van der Waals surface area contributed by atoms with E-state index in [0.29, 0.717) is 25.1 Å². The average Bonchev–Trinajstić information content (AvgIpc) is 2.55. The van der Waals surface area contributed by atoms with Gasteiger partial charge in [-0.15, -0.1) is 0 Å². The van der Waals surface area contributed by atoms with E-state index in [1.165, 1.54) is 5.01 Å². The first kappa shape index (κ1) is 16.9. The molecule has 22 heavy (non-hydrogen) atoms. The van der Waals surface area contributed by atoms with Gasteiger partial charge >= 0.3 is 0 Å². The normalized spacial score (nSPS) is 23.0. The Kier molecular flexibility index (Phi) is 5.52. The lowest BCUT2D eigenvalue weighted by atomic mass is 9.95. The van der Waals surface area contributed by atoms with Gasteiger partial charge in [0.25, 0.3) is 5.91 Å². The van der Waals surface area contributed by atoms with Crippen molar-refractivity contribution in [1.82, 2.24) is 15.2 Å². The number of rotatable bonds is 5. The predicted molar refractivity (Wildman–Crippen MR) is 83.5 cm³/mol. The molecule has 2 aliphatic heterocycles. The lowest BCUT2D eigenvalue weighted by Gasteiger charge is -2.43. The van der Waals surface area contributed by atoms with Crippen LogP contribution in [-0.4, -0.2) is 72.9 Å². The van der Waals surface area contributed by atoms with Gasteiger partial charge in [-0.1, -0.05) is 6.92 Å². The Balaban J connectivity index is 1.93. The predicted octanol–water partition coefficient (Wildman–Crippen LogP) is 0.212. The third-order valence-corrected chi connectivity index (χ3v) is 4.64. The van der Waals surface area contributed by atoms with Gasteiger partial charge in [0, 0.05) is 45.1 Å². The molecule has 2 rings (SSSR count). The van der Waals surface area contributed by atoms with E-state index < -0.39 is 0 Å². The number of carbonyl (C=O) groups excluding carboxylic acids is 2. The molecule has 0 aromatic carbocycles. The number of hydrazone groups is 1. The third kappa shape index (κ3) is 3.84. The zero-order chi connectivity index (χ0) is 16.2. The fourth-order valence-electron chi connectivity index (χ4n) is 2.77. The van der Waals surface area contributed by atoms with Gasteiger partial charge in [-0.3, -0.25) is 14.5 Å². The van der Waals surface area contributed by atoms with Gasteiger partial charge in [0.2, 0.25) is 5.91 Å². The molecule has 2 amide bonds. The Bertz CT molecular complexity index is 460. The first-order chi connectivity index (χ1) is 10.5. The summed E-state index contributed by atoms with van der Waals surface area (Å²) in [6, 6.07) is 0. The number of morpholine rings is 1. The van der Waals surface area contributed by atoms with Crippen molar-refractivity contribution in [2.24, 2.45) is 5.10 Å². The van der Waals surface area contributed by atoms with Gasteiger partial charge in [-0.05, 0) is 13.3 Å². The maximum absolute atomic E-state index is 12.3. The van der Waals surface area contributed by atoms with Crippen LogP contribution in [0.25, 0.3) is 0 Å². The van der Waals surface area contributed by atoms with Crippen LogP contribution >= 0.6 is 0 Å². The highest BCUT2D eigenvalue weighted by atomic mass is 16.5. The van der Waals surface area contributed by atoms with Gasteiger partial charge in [-0.2, -0.15) is 5.10 Å². The van der Waals surface area contributed by atoms with Crippen molar-refractivity contribution >= 4 is 17.5 Å². The zero-order valence-corrected chi connectivity index (χ0v) is 13.7. The van der Waals surface area contributed by atoms with Crippen LogP contribution in [-0.2, 0) is 14.3 Å². The highest BCUT2D eigenvalue weighted by Crippen LogP contribution is 2.20. The van der Waals surface area contributed by atoms with Crippen LogP contribution in [0.2, 0.25) is 0 Å². The van der Waals surface area contributed by atoms with Crippen molar-refractivity contribution < 1.29 is 14.3 Å². The van der Waals surface area contributed by atoms with E-state index in [9.17, 15) is 9.59 Å². The number of nitrogens with zero attached hydrogens (tertiary/aromatic N) is 3. The first-order valence-electron chi connectivity index (χ1n) is 7.91. The largest absolute Gasteiger partial charge is 0.379 e. The molecular formula is C15H26N4O3. The highest BCUT2D eigenvalue weighted by Gasteiger charge is 2.32. The van der Waals surface area contributed by atoms with Gasteiger partial charge in [0.05, 0.1) is 13.2 Å². The summed E-state index contributed by atoms with van der Waals surface area (Å²) < 4.78 is 5.40. The molecule has 0 bridgehead atoms. The van der Waals surface area contributed by atoms with E-state index in [-0.39, 0.29) is 17.4 Å². The summed E-state index contributed by atoms with van der Waals surface area (Å²) in [6.07, 6.45) is 1.70. The SMILES string of the molecule is CC[C@](C)(CNC(=O)C1=NN(C)C(=O)CC1)N1CCOCC1. The van der Waals surface area contributed by atoms with E-state index in [0.717, 1.165) is 32.7 Å². The first-order valence-corrected chi connectivity index (χ1v) is 7.91. The molecule has 1 saturated heterocycles. The quantitative estimate of drug-likeness (QED) is 0.788. The lowest BCUT2D eigenvalue weighted by Crippen LogP contribution is -2.57. The number of ether oxygens (including phenoxy) is 1. The number of nitrogens with one attached hydrogen (secondary N) is 1. The smallest absolute Gasteiger partial charge is 0.267 e. The van der Waals surface area contributed by atoms with Crippen molar-refractivity contribution in [1.29, 1.82) is 0 Å². The van der Waals surface area contributed by atoms with Gasteiger partial charge in [0.15, 0.2) is 0 Å². The number of hydrogen-bond acceptors (Lipinski definition) is 5. The number of amides is 2. The van der Waals surface area contributed by atoms with Crippen molar-refractivity contribution in [3.63, 3.8) is 0 Å². The summed E-state index contributed by atoms with van der Waals surface area (Å²) in [6.45, 7) is 8.12. The van der Waals surface area contributed by atoms with Gasteiger partial charge in [0.1, 0.15) is 5.71 Å². The van der Waals surface area contributed by atoms with Crippen molar-refractivity contribution in [3.05, 3.63) is 0 Å². The van der Waals surface area contributed by atoms with Crippen molar-refractivity contribution in [2.45, 2.75) is 38.6 Å². The second-order valence-electron chi connectivity index (χ2n) is 6.10. The molecule has 7 heteroatoms. The molecule has 0 saturated carbocycles. The molecule has 0 aromatic heterocycles. The van der Waals surface area contributed by atoms with E-state index >= 15 is 0 Å². The Labute approximate surface area is 131 Å². The summed E-state index contributed by atoms with van der Waals surface area (Å²) >= 11 is 0. The Hall–Kier alpha value is -1.47. The molecular weight excluding hydrogens is 284 g/mol. The van der Waals surface area contributed by atoms with Crippen LogP contribution in [0.4, 0.5) is 0 Å². The summed E-state index contributed by atoms with van der Waals surface area (Å²) in [7, 11) is 1.58. The minimum Gasteiger partial charge on any atom is -0.379 e. The van der Waals surface area contributed by atoms with E-state index in [1.54, 1.807) is 7.05 Å². The molecule has 1 atom stereocenters. The summed E-state index contributed by atoms with van der Waals surface area (Å²) in [4.78, 5) is 26.0. The monoisotopic (exact) mass is 310 g/mol. The van der Waals surface area contributed by atoms with Crippen LogP contribution < -0.4 is 5.32 Å². The molecule has 0 aliphatic carbocycles. The number of carbonyl (C=O) groups is 2. The van der Waals surface area contributed by atoms with Gasteiger partial charge < -0.3 is 10.1 Å². The molecule has 124 valence electrons. The molecule has 0 aromatic rings.